The Bertz CT molecular complexity index is 478. The van der Waals surface area contributed by atoms with Crippen molar-refractivity contribution in [2.24, 2.45) is 0 Å². The topological polar surface area (TPSA) is 59.5 Å². The van der Waals surface area contributed by atoms with E-state index in [0.29, 0.717) is 4.88 Å². The Morgan fingerprint density at radius 3 is 2.89 bits per heavy atom. The molecule has 104 valence electrons. The highest BCUT2D eigenvalue weighted by Crippen LogP contribution is 2.30. The van der Waals surface area contributed by atoms with Gasteiger partial charge < -0.3 is 9.64 Å². The third kappa shape index (κ3) is 3.32. The van der Waals surface area contributed by atoms with Gasteiger partial charge in [-0.15, -0.1) is 0 Å². The fourth-order valence-electron chi connectivity index (χ4n) is 2.07. The van der Waals surface area contributed by atoms with Crippen molar-refractivity contribution in [3.63, 3.8) is 0 Å². The number of rotatable bonds is 3. The molecule has 1 atom stereocenters. The second kappa shape index (κ2) is 5.28. The molecule has 0 N–H and O–H groups in total. The zero-order valence-electron chi connectivity index (χ0n) is 11.4. The summed E-state index contributed by atoms with van der Waals surface area (Å²) in [6.07, 6.45) is 4.02. The summed E-state index contributed by atoms with van der Waals surface area (Å²) >= 11 is 1.31. The summed E-state index contributed by atoms with van der Waals surface area (Å²) in [5.41, 5.74) is -0.484. The average molecular weight is 282 g/mol. The molecule has 2 heterocycles. The van der Waals surface area contributed by atoms with Crippen LogP contribution in [0.15, 0.2) is 6.20 Å². The molecule has 0 bridgehead atoms. The molecular formula is C13H18N2O3S. The maximum Gasteiger partial charge on any atom is 0.329 e. The van der Waals surface area contributed by atoms with Crippen LogP contribution in [-0.4, -0.2) is 35.4 Å². The second-order valence-corrected chi connectivity index (χ2v) is 6.59. The molecule has 1 aromatic heterocycles. The molecule has 19 heavy (non-hydrogen) atoms. The standard InChI is InChI=1S/C13H18N2O3S/c1-13(2,3)18-11(17)10-5-4-6-15(10)12-14-7-9(8-16)19-12/h7-8,10H,4-6H2,1-3H3. The molecule has 1 unspecified atom stereocenters. The van der Waals surface area contributed by atoms with Gasteiger partial charge in [0.15, 0.2) is 11.4 Å². The quantitative estimate of drug-likeness (QED) is 0.628. The summed E-state index contributed by atoms with van der Waals surface area (Å²) in [5.74, 6) is -0.215. The van der Waals surface area contributed by atoms with E-state index in [2.05, 4.69) is 4.98 Å². The van der Waals surface area contributed by atoms with E-state index in [4.69, 9.17) is 4.74 Å². The van der Waals surface area contributed by atoms with Gasteiger partial charge in [-0.2, -0.15) is 0 Å². The molecule has 0 saturated carbocycles. The third-order valence-corrected chi connectivity index (χ3v) is 3.76. The molecule has 0 spiro atoms. The number of ether oxygens (including phenoxy) is 1. The van der Waals surface area contributed by atoms with Gasteiger partial charge in [0.25, 0.3) is 0 Å². The monoisotopic (exact) mass is 282 g/mol. The van der Waals surface area contributed by atoms with E-state index in [-0.39, 0.29) is 12.0 Å². The molecule has 0 aliphatic carbocycles. The van der Waals surface area contributed by atoms with Crippen LogP contribution >= 0.6 is 11.3 Å². The lowest BCUT2D eigenvalue weighted by Crippen LogP contribution is -2.40. The lowest BCUT2D eigenvalue weighted by Gasteiger charge is -2.27. The Hall–Kier alpha value is -1.43. The molecule has 1 aliphatic rings. The Kier molecular flexibility index (Phi) is 3.89. The van der Waals surface area contributed by atoms with Crippen LogP contribution in [0.4, 0.5) is 5.13 Å². The zero-order valence-corrected chi connectivity index (χ0v) is 12.2. The first kappa shape index (κ1) is 14.0. The molecule has 6 heteroatoms. The number of aromatic nitrogens is 1. The van der Waals surface area contributed by atoms with Gasteiger partial charge in [-0.25, -0.2) is 9.78 Å². The highest BCUT2D eigenvalue weighted by Gasteiger charge is 2.35. The summed E-state index contributed by atoms with van der Waals surface area (Å²) in [6.45, 7) is 6.35. The Morgan fingerprint density at radius 2 is 2.32 bits per heavy atom. The number of esters is 1. The number of hydrogen-bond donors (Lipinski definition) is 0. The second-order valence-electron chi connectivity index (χ2n) is 5.55. The normalized spacial score (nSPS) is 19.5. The minimum atomic E-state index is -0.484. The number of nitrogens with zero attached hydrogens (tertiary/aromatic N) is 2. The highest BCUT2D eigenvalue weighted by atomic mass is 32.1. The largest absolute Gasteiger partial charge is 0.458 e. The Morgan fingerprint density at radius 1 is 1.58 bits per heavy atom. The molecule has 1 aromatic rings. The smallest absolute Gasteiger partial charge is 0.329 e. The lowest BCUT2D eigenvalue weighted by atomic mass is 10.1. The molecule has 5 nitrogen and oxygen atoms in total. The SMILES string of the molecule is CC(C)(C)OC(=O)C1CCCN1c1ncc(C=O)s1. The molecule has 2 rings (SSSR count). The predicted octanol–water partition coefficient (Wildman–Crippen LogP) is 2.27. The molecule has 0 radical (unpaired) electrons. The van der Waals surface area contributed by atoms with Crippen LogP contribution in [0.2, 0.25) is 0 Å². The van der Waals surface area contributed by atoms with E-state index in [1.807, 2.05) is 25.7 Å². The first-order valence-corrected chi connectivity index (χ1v) is 7.13. The van der Waals surface area contributed by atoms with E-state index >= 15 is 0 Å². The van der Waals surface area contributed by atoms with Gasteiger partial charge in [0.05, 0.1) is 11.1 Å². The fourth-order valence-corrected chi connectivity index (χ4v) is 2.88. The van der Waals surface area contributed by atoms with Gasteiger partial charge in [-0.1, -0.05) is 11.3 Å². The van der Waals surface area contributed by atoms with E-state index in [9.17, 15) is 9.59 Å². The molecule has 0 amide bonds. The number of anilines is 1. The van der Waals surface area contributed by atoms with E-state index < -0.39 is 5.60 Å². The molecule has 1 fully saturated rings. The Balaban J connectivity index is 2.12. The van der Waals surface area contributed by atoms with Crippen molar-refractivity contribution in [1.29, 1.82) is 0 Å². The van der Waals surface area contributed by atoms with Crippen molar-refractivity contribution in [2.45, 2.75) is 45.3 Å². The summed E-state index contributed by atoms with van der Waals surface area (Å²) < 4.78 is 5.43. The first-order valence-electron chi connectivity index (χ1n) is 6.31. The zero-order chi connectivity index (χ0) is 14.0. The van der Waals surface area contributed by atoms with Crippen LogP contribution in [0.1, 0.15) is 43.3 Å². The highest BCUT2D eigenvalue weighted by molar-refractivity contribution is 7.17. The minimum Gasteiger partial charge on any atom is -0.458 e. The maximum atomic E-state index is 12.2. The summed E-state index contributed by atoms with van der Waals surface area (Å²) in [4.78, 5) is 29.6. The van der Waals surface area contributed by atoms with Gasteiger partial charge in [0.2, 0.25) is 0 Å². The van der Waals surface area contributed by atoms with Crippen LogP contribution in [0, 0.1) is 0 Å². The maximum absolute atomic E-state index is 12.2. The van der Waals surface area contributed by atoms with Crippen molar-refractivity contribution in [3.8, 4) is 0 Å². The summed E-state index contributed by atoms with van der Waals surface area (Å²) in [6, 6.07) is -0.287. The summed E-state index contributed by atoms with van der Waals surface area (Å²) in [7, 11) is 0. The Labute approximate surface area is 116 Å². The molecule has 1 saturated heterocycles. The molecule has 0 aromatic carbocycles. The number of hydrogen-bond acceptors (Lipinski definition) is 6. The fraction of sp³-hybridized carbons (Fsp3) is 0.615. The van der Waals surface area contributed by atoms with E-state index in [1.165, 1.54) is 17.5 Å². The van der Waals surface area contributed by atoms with Crippen molar-refractivity contribution in [1.82, 2.24) is 4.98 Å². The average Bonchev–Trinajstić information content (AvgIpc) is 2.95. The number of carbonyl (C=O) groups is 2. The van der Waals surface area contributed by atoms with Crippen molar-refractivity contribution >= 4 is 28.7 Å². The van der Waals surface area contributed by atoms with Crippen LogP contribution in [-0.2, 0) is 9.53 Å². The van der Waals surface area contributed by atoms with Gasteiger partial charge in [-0.3, -0.25) is 4.79 Å². The number of thiazole rings is 1. The predicted molar refractivity (Wildman–Crippen MR) is 73.7 cm³/mol. The number of carbonyl (C=O) groups excluding carboxylic acids is 2. The van der Waals surface area contributed by atoms with Gasteiger partial charge in [-0.05, 0) is 33.6 Å². The lowest BCUT2D eigenvalue weighted by molar-refractivity contribution is -0.156. The van der Waals surface area contributed by atoms with Crippen LogP contribution in [0.3, 0.4) is 0 Å². The van der Waals surface area contributed by atoms with Crippen LogP contribution in [0.25, 0.3) is 0 Å². The van der Waals surface area contributed by atoms with Crippen molar-refractivity contribution in [2.75, 3.05) is 11.4 Å². The van der Waals surface area contributed by atoms with Crippen LogP contribution in [0.5, 0.6) is 0 Å². The number of aldehydes is 1. The van der Waals surface area contributed by atoms with Gasteiger partial charge in [0, 0.05) is 6.54 Å². The van der Waals surface area contributed by atoms with Crippen molar-refractivity contribution < 1.29 is 14.3 Å². The minimum absolute atomic E-state index is 0.215. The molecular weight excluding hydrogens is 264 g/mol. The van der Waals surface area contributed by atoms with Crippen molar-refractivity contribution in [3.05, 3.63) is 11.1 Å². The third-order valence-electron chi connectivity index (χ3n) is 2.80. The van der Waals surface area contributed by atoms with E-state index in [0.717, 1.165) is 30.8 Å². The molecule has 1 aliphatic heterocycles. The first-order chi connectivity index (χ1) is 8.90. The van der Waals surface area contributed by atoms with Gasteiger partial charge in [0.1, 0.15) is 11.6 Å². The van der Waals surface area contributed by atoms with E-state index in [1.54, 1.807) is 0 Å². The van der Waals surface area contributed by atoms with Gasteiger partial charge >= 0.3 is 5.97 Å². The van der Waals surface area contributed by atoms with Crippen LogP contribution < -0.4 is 4.90 Å². The summed E-state index contributed by atoms with van der Waals surface area (Å²) in [5, 5.41) is 0.718.